The molecular formula is C18H20N2O. The molecule has 0 aromatic heterocycles. The van der Waals surface area contributed by atoms with Gasteiger partial charge in [0.2, 0.25) is 0 Å². The number of methoxy groups -OCH3 is 1. The third-order valence-electron chi connectivity index (χ3n) is 3.49. The summed E-state index contributed by atoms with van der Waals surface area (Å²) in [6.07, 6.45) is 0. The van der Waals surface area contributed by atoms with Gasteiger partial charge in [0.05, 0.1) is 24.4 Å². The largest absolute Gasteiger partial charge is 0.495 e. The first-order valence-electron chi connectivity index (χ1n) is 7.06. The van der Waals surface area contributed by atoms with Crippen LogP contribution in [-0.2, 0) is 0 Å². The molecule has 2 rings (SSSR count). The third kappa shape index (κ3) is 3.35. The second-order valence-electron chi connectivity index (χ2n) is 5.27. The van der Waals surface area contributed by atoms with Gasteiger partial charge >= 0.3 is 0 Å². The molecule has 0 aliphatic rings. The number of hydrogen-bond acceptors (Lipinski definition) is 3. The molecule has 0 heterocycles. The Balaban J connectivity index is 2.41. The van der Waals surface area contributed by atoms with Crippen molar-refractivity contribution < 1.29 is 4.74 Å². The molecule has 3 nitrogen and oxygen atoms in total. The van der Waals surface area contributed by atoms with Crippen molar-refractivity contribution in [2.24, 2.45) is 5.92 Å². The number of nitriles is 1. The summed E-state index contributed by atoms with van der Waals surface area (Å²) in [7, 11) is 1.62. The van der Waals surface area contributed by atoms with Gasteiger partial charge in [0.25, 0.3) is 0 Å². The number of para-hydroxylation sites is 1. The molecule has 0 spiro atoms. The number of hydrogen-bond donors (Lipinski definition) is 1. The summed E-state index contributed by atoms with van der Waals surface area (Å²) in [5, 5.41) is 12.8. The Bertz CT molecular complexity index is 629. The van der Waals surface area contributed by atoms with E-state index in [1.807, 2.05) is 30.3 Å². The fourth-order valence-electron chi connectivity index (χ4n) is 2.39. The summed E-state index contributed by atoms with van der Waals surface area (Å²) in [6.45, 7) is 4.32. The van der Waals surface area contributed by atoms with E-state index >= 15 is 0 Å². The van der Waals surface area contributed by atoms with Gasteiger partial charge in [0.1, 0.15) is 11.8 Å². The molecule has 0 saturated heterocycles. The molecular weight excluding hydrogens is 260 g/mol. The minimum absolute atomic E-state index is 0.120. The van der Waals surface area contributed by atoms with Crippen molar-refractivity contribution in [2.75, 3.05) is 12.4 Å². The fraction of sp³-hybridized carbons (Fsp3) is 0.278. The first-order valence-corrected chi connectivity index (χ1v) is 7.06. The van der Waals surface area contributed by atoms with Gasteiger partial charge in [-0.1, -0.05) is 50.2 Å². The van der Waals surface area contributed by atoms with E-state index in [4.69, 9.17) is 4.74 Å². The highest BCUT2D eigenvalue weighted by Gasteiger charge is 2.19. The first kappa shape index (κ1) is 14.9. The minimum atomic E-state index is 0.120. The van der Waals surface area contributed by atoms with Crippen LogP contribution in [0.3, 0.4) is 0 Å². The summed E-state index contributed by atoms with van der Waals surface area (Å²) in [5.41, 5.74) is 2.54. The number of ether oxygens (including phenoxy) is 1. The van der Waals surface area contributed by atoms with Crippen LogP contribution in [0.4, 0.5) is 5.69 Å². The zero-order valence-electron chi connectivity index (χ0n) is 12.6. The molecule has 21 heavy (non-hydrogen) atoms. The minimum Gasteiger partial charge on any atom is -0.495 e. The number of rotatable bonds is 5. The lowest BCUT2D eigenvalue weighted by Crippen LogP contribution is -2.18. The summed E-state index contributed by atoms with van der Waals surface area (Å²) in [5.74, 6) is 1.07. The monoisotopic (exact) mass is 280 g/mol. The number of benzene rings is 2. The topological polar surface area (TPSA) is 45.0 Å². The first-order chi connectivity index (χ1) is 10.2. The van der Waals surface area contributed by atoms with Crippen LogP contribution in [0.15, 0.2) is 48.5 Å². The average molecular weight is 280 g/mol. The molecule has 108 valence electrons. The molecule has 2 aromatic carbocycles. The van der Waals surface area contributed by atoms with Gasteiger partial charge in [-0.05, 0) is 23.6 Å². The lowest BCUT2D eigenvalue weighted by molar-refractivity contribution is 0.414. The van der Waals surface area contributed by atoms with Crippen LogP contribution in [0, 0.1) is 17.2 Å². The Morgan fingerprint density at radius 1 is 1.05 bits per heavy atom. The molecule has 3 heteroatoms. The van der Waals surface area contributed by atoms with Crippen molar-refractivity contribution in [3.8, 4) is 11.8 Å². The standard InChI is InChI=1S/C18H20N2O/c1-13(2)17(14-8-5-4-6-9-14)20-18-15(12-19)10-7-11-16(18)21-3/h4-11,13,17,20H,1-3H3. The molecule has 0 bridgehead atoms. The van der Waals surface area contributed by atoms with Crippen LogP contribution in [0.2, 0.25) is 0 Å². The van der Waals surface area contributed by atoms with E-state index in [1.165, 1.54) is 5.56 Å². The number of nitrogens with zero attached hydrogens (tertiary/aromatic N) is 1. The SMILES string of the molecule is COc1cccc(C#N)c1NC(c1ccccc1)C(C)C. The molecule has 0 radical (unpaired) electrons. The number of anilines is 1. The van der Waals surface area contributed by atoms with Crippen molar-refractivity contribution in [3.63, 3.8) is 0 Å². The van der Waals surface area contributed by atoms with Crippen LogP contribution in [-0.4, -0.2) is 7.11 Å². The van der Waals surface area contributed by atoms with Crippen LogP contribution >= 0.6 is 0 Å². The predicted molar refractivity (Wildman–Crippen MR) is 85.4 cm³/mol. The van der Waals surface area contributed by atoms with Crippen molar-refractivity contribution in [1.82, 2.24) is 0 Å². The van der Waals surface area contributed by atoms with Gasteiger partial charge in [-0.25, -0.2) is 0 Å². The van der Waals surface area contributed by atoms with Gasteiger partial charge in [-0.2, -0.15) is 5.26 Å². The maximum absolute atomic E-state index is 9.31. The third-order valence-corrected chi connectivity index (χ3v) is 3.49. The lowest BCUT2D eigenvalue weighted by atomic mass is 9.95. The molecule has 0 aliphatic carbocycles. The maximum atomic E-state index is 9.31. The van der Waals surface area contributed by atoms with Crippen LogP contribution in [0.25, 0.3) is 0 Å². The smallest absolute Gasteiger partial charge is 0.143 e. The van der Waals surface area contributed by atoms with Crippen molar-refractivity contribution in [3.05, 3.63) is 59.7 Å². The van der Waals surface area contributed by atoms with Crippen LogP contribution in [0.1, 0.15) is 31.0 Å². The van der Waals surface area contributed by atoms with Gasteiger partial charge in [-0.15, -0.1) is 0 Å². The molecule has 0 aliphatic heterocycles. The lowest BCUT2D eigenvalue weighted by Gasteiger charge is -2.25. The second-order valence-corrected chi connectivity index (χ2v) is 5.27. The summed E-state index contributed by atoms with van der Waals surface area (Å²) >= 11 is 0. The molecule has 1 atom stereocenters. The van der Waals surface area contributed by atoms with Crippen LogP contribution < -0.4 is 10.1 Å². The predicted octanol–water partition coefficient (Wildman–Crippen LogP) is 4.38. The molecule has 0 saturated carbocycles. The Labute approximate surface area is 126 Å². The Kier molecular flexibility index (Phi) is 4.84. The van der Waals surface area contributed by atoms with E-state index in [0.29, 0.717) is 17.2 Å². The average Bonchev–Trinajstić information content (AvgIpc) is 2.52. The molecule has 0 fully saturated rings. The van der Waals surface area contributed by atoms with Gasteiger partial charge in [0.15, 0.2) is 0 Å². The van der Waals surface area contributed by atoms with Crippen molar-refractivity contribution >= 4 is 5.69 Å². The normalized spacial score (nSPS) is 11.8. The van der Waals surface area contributed by atoms with E-state index in [0.717, 1.165) is 5.69 Å². The van der Waals surface area contributed by atoms with Crippen molar-refractivity contribution in [1.29, 1.82) is 5.26 Å². The van der Waals surface area contributed by atoms with Gasteiger partial charge in [-0.3, -0.25) is 0 Å². The van der Waals surface area contributed by atoms with E-state index in [9.17, 15) is 5.26 Å². The Morgan fingerprint density at radius 2 is 1.76 bits per heavy atom. The highest BCUT2D eigenvalue weighted by Crippen LogP contribution is 2.34. The Hall–Kier alpha value is -2.47. The maximum Gasteiger partial charge on any atom is 0.143 e. The fourth-order valence-corrected chi connectivity index (χ4v) is 2.39. The summed E-state index contributed by atoms with van der Waals surface area (Å²) < 4.78 is 5.39. The zero-order valence-corrected chi connectivity index (χ0v) is 12.6. The molecule has 1 N–H and O–H groups in total. The van der Waals surface area contributed by atoms with Gasteiger partial charge < -0.3 is 10.1 Å². The summed E-state index contributed by atoms with van der Waals surface area (Å²) in [6, 6.07) is 18.1. The zero-order chi connectivity index (χ0) is 15.2. The van der Waals surface area contributed by atoms with Crippen molar-refractivity contribution in [2.45, 2.75) is 19.9 Å². The van der Waals surface area contributed by atoms with E-state index in [2.05, 4.69) is 37.4 Å². The van der Waals surface area contributed by atoms with E-state index < -0.39 is 0 Å². The van der Waals surface area contributed by atoms with E-state index in [-0.39, 0.29) is 6.04 Å². The molecule has 2 aromatic rings. The van der Waals surface area contributed by atoms with E-state index in [1.54, 1.807) is 13.2 Å². The summed E-state index contributed by atoms with van der Waals surface area (Å²) in [4.78, 5) is 0. The molecule has 1 unspecified atom stereocenters. The van der Waals surface area contributed by atoms with Crippen LogP contribution in [0.5, 0.6) is 5.75 Å². The highest BCUT2D eigenvalue weighted by atomic mass is 16.5. The highest BCUT2D eigenvalue weighted by molar-refractivity contribution is 5.67. The number of nitrogens with one attached hydrogen (secondary N) is 1. The quantitative estimate of drug-likeness (QED) is 0.884. The Morgan fingerprint density at radius 3 is 2.33 bits per heavy atom. The molecule has 0 amide bonds. The van der Waals surface area contributed by atoms with Gasteiger partial charge in [0, 0.05) is 0 Å². The second kappa shape index (κ2) is 6.81.